The summed E-state index contributed by atoms with van der Waals surface area (Å²) in [6, 6.07) is 7.21. The van der Waals surface area contributed by atoms with Crippen molar-refractivity contribution in [3.8, 4) is 0 Å². The van der Waals surface area contributed by atoms with Crippen molar-refractivity contribution < 1.29 is 27.2 Å². The molecule has 0 aliphatic heterocycles. The first kappa shape index (κ1) is 20.7. The van der Waals surface area contributed by atoms with Crippen molar-refractivity contribution in [1.29, 1.82) is 0 Å². The van der Waals surface area contributed by atoms with Gasteiger partial charge in [-0.1, -0.05) is 11.6 Å². The summed E-state index contributed by atoms with van der Waals surface area (Å²) in [5.41, 5.74) is 0.0896. The van der Waals surface area contributed by atoms with E-state index in [9.17, 15) is 18.0 Å². The monoisotopic (exact) mass is 412 g/mol. The van der Waals surface area contributed by atoms with Gasteiger partial charge in [-0.05, 0) is 36.4 Å². The molecule has 1 aromatic carbocycles. The zero-order valence-electron chi connectivity index (χ0n) is 14.5. The molecule has 2 aromatic rings. The van der Waals surface area contributed by atoms with Crippen LogP contribution >= 0.6 is 11.6 Å². The summed E-state index contributed by atoms with van der Waals surface area (Å²) in [7, 11) is -0.913. The van der Waals surface area contributed by atoms with Crippen molar-refractivity contribution in [3.05, 3.63) is 53.5 Å². The van der Waals surface area contributed by atoms with Gasteiger partial charge in [0.25, 0.3) is 5.91 Å². The molecular formula is C17H17ClN2O6S. The Morgan fingerprint density at radius 1 is 1.30 bits per heavy atom. The minimum absolute atomic E-state index is 0.0365. The number of amides is 1. The number of anilines is 1. The quantitative estimate of drug-likeness (QED) is 0.552. The van der Waals surface area contributed by atoms with Crippen LogP contribution in [0, 0.1) is 0 Å². The lowest BCUT2D eigenvalue weighted by Gasteiger charge is -2.13. The molecular weight excluding hydrogens is 396 g/mol. The van der Waals surface area contributed by atoms with Crippen LogP contribution in [0.1, 0.15) is 5.76 Å². The standard InChI is InChI=1S/C17H17ClN2O6S/c1-20(2)27(23,24)13-6-7-14(18)15(10-13)19-16(21)11-26-17(22)8-5-12-4-3-9-25-12/h3-10H,11H2,1-2H3,(H,19,21)/b8-5+. The van der Waals surface area contributed by atoms with E-state index in [1.165, 1.54) is 44.6 Å². The van der Waals surface area contributed by atoms with E-state index in [0.717, 1.165) is 10.4 Å². The van der Waals surface area contributed by atoms with Crippen molar-refractivity contribution in [2.45, 2.75) is 4.90 Å². The average Bonchev–Trinajstić information content (AvgIpc) is 3.13. The number of carbonyl (C=O) groups excluding carboxylic acids is 2. The summed E-state index contributed by atoms with van der Waals surface area (Å²) < 4.78 is 35.2. The minimum atomic E-state index is -3.69. The van der Waals surface area contributed by atoms with Crippen LogP contribution in [0.15, 0.2) is 52.0 Å². The molecule has 1 amide bonds. The fourth-order valence-electron chi connectivity index (χ4n) is 1.88. The van der Waals surface area contributed by atoms with Crippen LogP contribution in [0.25, 0.3) is 6.08 Å². The Hall–Kier alpha value is -2.62. The van der Waals surface area contributed by atoms with E-state index in [0.29, 0.717) is 5.76 Å². The van der Waals surface area contributed by atoms with E-state index in [1.54, 1.807) is 12.1 Å². The minimum Gasteiger partial charge on any atom is -0.465 e. The van der Waals surface area contributed by atoms with E-state index in [1.807, 2.05) is 0 Å². The Bertz CT molecular complexity index is 952. The van der Waals surface area contributed by atoms with E-state index < -0.39 is 28.5 Å². The van der Waals surface area contributed by atoms with Gasteiger partial charge in [-0.15, -0.1) is 0 Å². The zero-order chi connectivity index (χ0) is 20.0. The molecule has 0 aliphatic rings. The first-order chi connectivity index (χ1) is 12.7. The molecule has 0 bridgehead atoms. The predicted octanol–water partition coefficient (Wildman–Crippen LogP) is 2.38. The van der Waals surface area contributed by atoms with Crippen molar-refractivity contribution in [1.82, 2.24) is 4.31 Å². The topological polar surface area (TPSA) is 106 Å². The van der Waals surface area contributed by atoms with Gasteiger partial charge in [0.2, 0.25) is 10.0 Å². The summed E-state index contributed by atoms with van der Waals surface area (Å²) >= 11 is 5.99. The van der Waals surface area contributed by atoms with Crippen LogP contribution in [-0.4, -0.2) is 45.3 Å². The number of rotatable bonds is 7. The van der Waals surface area contributed by atoms with Crippen molar-refractivity contribution in [2.24, 2.45) is 0 Å². The van der Waals surface area contributed by atoms with Crippen molar-refractivity contribution in [3.63, 3.8) is 0 Å². The smallest absolute Gasteiger partial charge is 0.331 e. The molecule has 27 heavy (non-hydrogen) atoms. The van der Waals surface area contributed by atoms with E-state index in [-0.39, 0.29) is 15.6 Å². The summed E-state index contributed by atoms with van der Waals surface area (Å²) in [4.78, 5) is 23.5. The molecule has 0 spiro atoms. The van der Waals surface area contributed by atoms with Crippen LogP contribution in [0.4, 0.5) is 5.69 Å². The van der Waals surface area contributed by atoms with Gasteiger partial charge < -0.3 is 14.5 Å². The third-order valence-corrected chi connectivity index (χ3v) is 5.40. The Morgan fingerprint density at radius 3 is 2.67 bits per heavy atom. The number of ether oxygens (including phenoxy) is 1. The van der Waals surface area contributed by atoms with E-state index in [2.05, 4.69) is 5.32 Å². The molecule has 0 aliphatic carbocycles. The van der Waals surface area contributed by atoms with Gasteiger partial charge in [-0.25, -0.2) is 17.5 Å². The third-order valence-electron chi connectivity index (χ3n) is 3.26. The van der Waals surface area contributed by atoms with Crippen LogP contribution in [0.2, 0.25) is 5.02 Å². The first-order valence-corrected chi connectivity index (χ1v) is 9.42. The molecule has 0 radical (unpaired) electrons. The van der Waals surface area contributed by atoms with Crippen molar-refractivity contribution >= 4 is 45.3 Å². The molecule has 0 atom stereocenters. The van der Waals surface area contributed by atoms with Gasteiger partial charge in [-0.3, -0.25) is 4.79 Å². The predicted molar refractivity (Wildman–Crippen MR) is 99.7 cm³/mol. The number of esters is 1. The maximum Gasteiger partial charge on any atom is 0.331 e. The maximum absolute atomic E-state index is 12.2. The molecule has 0 saturated carbocycles. The molecule has 0 unspecified atom stereocenters. The zero-order valence-corrected chi connectivity index (χ0v) is 16.1. The second-order valence-corrected chi connectivity index (χ2v) is 7.99. The number of hydrogen-bond acceptors (Lipinski definition) is 6. The lowest BCUT2D eigenvalue weighted by molar-refractivity contribution is -0.142. The number of nitrogens with one attached hydrogen (secondary N) is 1. The van der Waals surface area contributed by atoms with Crippen LogP contribution in [0.3, 0.4) is 0 Å². The molecule has 1 heterocycles. The molecule has 0 saturated heterocycles. The molecule has 144 valence electrons. The van der Waals surface area contributed by atoms with E-state index in [4.69, 9.17) is 20.8 Å². The highest BCUT2D eigenvalue weighted by molar-refractivity contribution is 7.89. The first-order valence-electron chi connectivity index (χ1n) is 7.60. The number of sulfonamides is 1. The van der Waals surface area contributed by atoms with Gasteiger partial charge >= 0.3 is 5.97 Å². The largest absolute Gasteiger partial charge is 0.465 e. The van der Waals surface area contributed by atoms with Gasteiger partial charge in [0.15, 0.2) is 6.61 Å². The fraction of sp³-hybridized carbons (Fsp3) is 0.176. The van der Waals surface area contributed by atoms with Crippen LogP contribution in [0.5, 0.6) is 0 Å². The highest BCUT2D eigenvalue weighted by atomic mass is 35.5. The number of carbonyl (C=O) groups is 2. The highest BCUT2D eigenvalue weighted by Gasteiger charge is 2.19. The second-order valence-electron chi connectivity index (χ2n) is 5.43. The van der Waals surface area contributed by atoms with Crippen LogP contribution in [-0.2, 0) is 24.3 Å². The highest BCUT2D eigenvalue weighted by Crippen LogP contribution is 2.26. The lowest BCUT2D eigenvalue weighted by Crippen LogP contribution is -2.23. The van der Waals surface area contributed by atoms with Gasteiger partial charge in [0, 0.05) is 20.2 Å². The Morgan fingerprint density at radius 2 is 2.04 bits per heavy atom. The number of halogens is 1. The number of furan rings is 1. The summed E-state index contributed by atoms with van der Waals surface area (Å²) in [5, 5.41) is 2.56. The molecule has 2 rings (SSSR count). The number of hydrogen-bond donors (Lipinski definition) is 1. The lowest BCUT2D eigenvalue weighted by atomic mass is 10.3. The molecule has 0 fully saturated rings. The summed E-state index contributed by atoms with van der Waals surface area (Å²) in [6.07, 6.45) is 3.96. The molecule has 10 heteroatoms. The summed E-state index contributed by atoms with van der Waals surface area (Å²) in [5.74, 6) is -0.949. The normalized spacial score (nSPS) is 11.7. The Labute approximate surface area is 161 Å². The van der Waals surface area contributed by atoms with E-state index >= 15 is 0 Å². The SMILES string of the molecule is CN(C)S(=O)(=O)c1ccc(Cl)c(NC(=O)COC(=O)/C=C/c2ccco2)c1. The Balaban J connectivity index is 1.98. The molecule has 8 nitrogen and oxygen atoms in total. The second kappa shape index (κ2) is 8.85. The molecule has 1 aromatic heterocycles. The molecule has 1 N–H and O–H groups in total. The Kier molecular flexibility index (Phi) is 6.78. The maximum atomic E-state index is 12.2. The third kappa shape index (κ3) is 5.68. The van der Waals surface area contributed by atoms with Gasteiger partial charge in [0.05, 0.1) is 21.9 Å². The van der Waals surface area contributed by atoms with Gasteiger partial charge in [-0.2, -0.15) is 0 Å². The number of benzene rings is 1. The summed E-state index contributed by atoms with van der Waals surface area (Å²) in [6.45, 7) is -0.567. The fourth-order valence-corrected chi connectivity index (χ4v) is 2.97. The number of nitrogens with zero attached hydrogens (tertiary/aromatic N) is 1. The van der Waals surface area contributed by atoms with Crippen LogP contribution < -0.4 is 5.32 Å². The van der Waals surface area contributed by atoms with Crippen molar-refractivity contribution in [2.75, 3.05) is 26.0 Å². The average molecular weight is 413 g/mol. The van der Waals surface area contributed by atoms with Gasteiger partial charge in [0.1, 0.15) is 5.76 Å².